The number of nitrogens with zero attached hydrogens (tertiary/aromatic N) is 1. The number of ether oxygens (including phenoxy) is 1. The molecule has 7 nitrogen and oxygen atoms in total. The first kappa shape index (κ1) is 18.7. The predicted molar refractivity (Wildman–Crippen MR) is 101 cm³/mol. The van der Waals surface area contributed by atoms with E-state index in [9.17, 15) is 9.90 Å². The molecule has 2 aromatic rings. The summed E-state index contributed by atoms with van der Waals surface area (Å²) < 4.78 is 5.72. The number of carbonyl (C=O) groups excluding carboxylic acids is 1. The molecular weight excluding hydrogens is 332 g/mol. The summed E-state index contributed by atoms with van der Waals surface area (Å²) in [5.41, 5.74) is 2.44. The van der Waals surface area contributed by atoms with Crippen LogP contribution in [0.25, 0.3) is 11.0 Å². The number of rotatable bonds is 7. The number of aryl methyl sites for hydroxylation is 1. The monoisotopic (exact) mass is 360 g/mol. The van der Waals surface area contributed by atoms with E-state index in [1.807, 2.05) is 25.1 Å². The van der Waals surface area contributed by atoms with Crippen molar-refractivity contribution in [1.29, 1.82) is 0 Å². The Morgan fingerprint density at radius 1 is 1.38 bits per heavy atom. The van der Waals surface area contributed by atoms with Gasteiger partial charge in [0.25, 0.3) is 0 Å². The van der Waals surface area contributed by atoms with Crippen molar-refractivity contribution < 1.29 is 14.6 Å². The fraction of sp³-hybridized carbons (Fsp3) is 0.579. The minimum absolute atomic E-state index is 0.158. The van der Waals surface area contributed by atoms with Gasteiger partial charge in [0, 0.05) is 18.7 Å². The van der Waals surface area contributed by atoms with Gasteiger partial charge in [0.15, 0.2) is 0 Å². The average molecular weight is 360 g/mol. The minimum Gasteiger partial charge on any atom is -0.389 e. The third-order valence-corrected chi connectivity index (χ3v) is 4.70. The highest BCUT2D eigenvalue weighted by atomic mass is 16.5. The number of H-pyrrole nitrogens is 1. The van der Waals surface area contributed by atoms with E-state index >= 15 is 0 Å². The lowest BCUT2D eigenvalue weighted by Crippen LogP contribution is -2.38. The first-order valence-electron chi connectivity index (χ1n) is 9.47. The number of aliphatic hydroxyl groups excluding tert-OH is 1. The second-order valence-electron chi connectivity index (χ2n) is 6.85. The molecule has 142 valence electrons. The Labute approximate surface area is 153 Å². The van der Waals surface area contributed by atoms with E-state index < -0.39 is 6.10 Å². The minimum atomic E-state index is -0.704. The zero-order valence-electron chi connectivity index (χ0n) is 15.3. The number of aromatic amines is 1. The fourth-order valence-corrected chi connectivity index (χ4v) is 3.23. The number of aromatic nitrogens is 2. The van der Waals surface area contributed by atoms with Gasteiger partial charge in [0.2, 0.25) is 0 Å². The maximum absolute atomic E-state index is 12.0. The third kappa shape index (κ3) is 5.19. The molecule has 1 saturated carbocycles. The summed E-state index contributed by atoms with van der Waals surface area (Å²) in [5.74, 6) is 0.919. The van der Waals surface area contributed by atoms with Gasteiger partial charge in [-0.25, -0.2) is 9.78 Å². The molecule has 1 aliphatic rings. The Morgan fingerprint density at radius 3 is 2.96 bits per heavy atom. The first-order valence-corrected chi connectivity index (χ1v) is 9.47. The molecule has 1 heterocycles. The van der Waals surface area contributed by atoms with Crippen molar-refractivity contribution in [2.75, 3.05) is 18.5 Å². The van der Waals surface area contributed by atoms with E-state index in [1.54, 1.807) is 0 Å². The van der Waals surface area contributed by atoms with Crippen LogP contribution in [0.2, 0.25) is 0 Å². The normalized spacial score (nSPS) is 16.5. The van der Waals surface area contributed by atoms with Crippen LogP contribution >= 0.6 is 0 Å². The summed E-state index contributed by atoms with van der Waals surface area (Å²) in [4.78, 5) is 19.7. The van der Waals surface area contributed by atoms with Crippen LogP contribution in [0.3, 0.4) is 0 Å². The summed E-state index contributed by atoms with van der Waals surface area (Å²) in [6, 6.07) is 5.18. The largest absolute Gasteiger partial charge is 0.389 e. The molecule has 4 N–H and O–H groups in total. The Hall–Kier alpha value is -2.12. The number of urea groups is 1. The molecule has 0 aliphatic heterocycles. The highest BCUT2D eigenvalue weighted by molar-refractivity contribution is 5.91. The van der Waals surface area contributed by atoms with Gasteiger partial charge in [-0.15, -0.1) is 0 Å². The lowest BCUT2D eigenvalue weighted by atomic mass is 9.98. The van der Waals surface area contributed by atoms with E-state index in [4.69, 9.17) is 4.74 Å². The zero-order valence-corrected chi connectivity index (χ0v) is 15.3. The zero-order chi connectivity index (χ0) is 18.4. The van der Waals surface area contributed by atoms with Crippen molar-refractivity contribution >= 4 is 22.8 Å². The fourth-order valence-electron chi connectivity index (χ4n) is 3.23. The molecule has 0 bridgehead atoms. The van der Waals surface area contributed by atoms with E-state index in [2.05, 4.69) is 20.6 Å². The van der Waals surface area contributed by atoms with Crippen molar-refractivity contribution in [2.45, 2.75) is 57.7 Å². The molecule has 2 amide bonds. The predicted octanol–water partition coefficient (Wildman–Crippen LogP) is 2.96. The van der Waals surface area contributed by atoms with Gasteiger partial charge in [0.1, 0.15) is 5.82 Å². The highest BCUT2D eigenvalue weighted by Crippen LogP contribution is 2.20. The summed E-state index contributed by atoms with van der Waals surface area (Å²) in [7, 11) is 0. The molecule has 1 fully saturated rings. The maximum atomic E-state index is 12.0. The van der Waals surface area contributed by atoms with Crippen molar-refractivity contribution in [3.8, 4) is 0 Å². The smallest absolute Gasteiger partial charge is 0.319 e. The van der Waals surface area contributed by atoms with Crippen LogP contribution in [0.5, 0.6) is 0 Å². The molecule has 1 aliphatic carbocycles. The van der Waals surface area contributed by atoms with Crippen molar-refractivity contribution in [1.82, 2.24) is 15.3 Å². The SMILES string of the molecule is CCc1nc2ccc(NC(=O)NC[C@H](O)COC3CCCCC3)cc2[nH]1. The summed E-state index contributed by atoms with van der Waals surface area (Å²) in [5, 5.41) is 15.4. The van der Waals surface area contributed by atoms with E-state index in [-0.39, 0.29) is 25.3 Å². The van der Waals surface area contributed by atoms with Crippen LogP contribution < -0.4 is 10.6 Å². The molecule has 3 rings (SSSR count). The molecule has 0 spiro atoms. The van der Waals surface area contributed by atoms with Gasteiger partial charge in [0.05, 0.1) is 29.8 Å². The van der Waals surface area contributed by atoms with Crippen LogP contribution in [0.1, 0.15) is 44.9 Å². The molecule has 7 heteroatoms. The Morgan fingerprint density at radius 2 is 2.19 bits per heavy atom. The number of anilines is 1. The number of aliphatic hydroxyl groups is 1. The number of hydrogen-bond acceptors (Lipinski definition) is 4. The van der Waals surface area contributed by atoms with Gasteiger partial charge in [-0.05, 0) is 31.0 Å². The number of nitrogens with one attached hydrogen (secondary N) is 3. The van der Waals surface area contributed by atoms with E-state index in [0.29, 0.717) is 5.69 Å². The molecule has 0 saturated heterocycles. The van der Waals surface area contributed by atoms with Crippen molar-refractivity contribution in [3.63, 3.8) is 0 Å². The Bertz CT molecular complexity index is 725. The molecule has 1 aromatic carbocycles. The van der Waals surface area contributed by atoms with Crippen LogP contribution in [0, 0.1) is 0 Å². The standard InChI is InChI=1S/C19H28N4O3/c1-2-18-22-16-9-8-13(10-17(16)23-18)21-19(25)20-11-14(24)12-26-15-6-4-3-5-7-15/h8-10,14-15,24H,2-7,11-12H2,1H3,(H,22,23)(H2,20,21,25)/t14-/m0/s1. The molecular formula is C19H28N4O3. The van der Waals surface area contributed by atoms with Gasteiger partial charge >= 0.3 is 6.03 Å². The molecule has 1 atom stereocenters. The van der Waals surface area contributed by atoms with Crippen LogP contribution in [0.15, 0.2) is 18.2 Å². The Balaban J connectivity index is 1.41. The van der Waals surface area contributed by atoms with Crippen molar-refractivity contribution in [3.05, 3.63) is 24.0 Å². The number of imidazole rings is 1. The lowest BCUT2D eigenvalue weighted by molar-refractivity contribution is -0.0221. The van der Waals surface area contributed by atoms with Gasteiger partial charge in [-0.1, -0.05) is 26.2 Å². The van der Waals surface area contributed by atoms with Gasteiger partial charge in [-0.2, -0.15) is 0 Å². The summed E-state index contributed by atoms with van der Waals surface area (Å²) >= 11 is 0. The highest BCUT2D eigenvalue weighted by Gasteiger charge is 2.16. The first-order chi connectivity index (χ1) is 12.6. The number of hydrogen-bond donors (Lipinski definition) is 4. The number of carbonyl (C=O) groups is 1. The summed E-state index contributed by atoms with van der Waals surface area (Å²) in [6.07, 6.45) is 6.18. The molecule has 0 radical (unpaired) electrons. The molecule has 0 unspecified atom stereocenters. The second-order valence-corrected chi connectivity index (χ2v) is 6.85. The maximum Gasteiger partial charge on any atom is 0.319 e. The van der Waals surface area contributed by atoms with Crippen molar-refractivity contribution in [2.24, 2.45) is 0 Å². The molecule has 26 heavy (non-hydrogen) atoms. The van der Waals surface area contributed by atoms with Crippen LogP contribution in [-0.2, 0) is 11.2 Å². The van der Waals surface area contributed by atoms with E-state index in [1.165, 1.54) is 19.3 Å². The number of fused-ring (bicyclic) bond motifs is 1. The van der Waals surface area contributed by atoms with Gasteiger partial charge < -0.3 is 25.5 Å². The Kier molecular flexibility index (Phi) is 6.46. The lowest BCUT2D eigenvalue weighted by Gasteiger charge is -2.23. The summed E-state index contributed by atoms with van der Waals surface area (Å²) in [6.45, 7) is 2.45. The van der Waals surface area contributed by atoms with Crippen LogP contribution in [0.4, 0.5) is 10.5 Å². The molecule has 1 aromatic heterocycles. The third-order valence-electron chi connectivity index (χ3n) is 4.70. The average Bonchev–Trinajstić information content (AvgIpc) is 3.08. The quantitative estimate of drug-likeness (QED) is 0.610. The van der Waals surface area contributed by atoms with E-state index in [0.717, 1.165) is 36.1 Å². The van der Waals surface area contributed by atoms with Crippen LogP contribution in [-0.4, -0.2) is 46.5 Å². The topological polar surface area (TPSA) is 99.3 Å². The second kappa shape index (κ2) is 9.00. The number of benzene rings is 1. The van der Waals surface area contributed by atoms with Gasteiger partial charge in [-0.3, -0.25) is 0 Å². The number of amides is 2.